The molecule has 0 aromatic carbocycles. The smallest absolute Gasteiger partial charge is 0.0798 e. The summed E-state index contributed by atoms with van der Waals surface area (Å²) in [5.41, 5.74) is 9.06. The van der Waals surface area contributed by atoms with Gasteiger partial charge in [0.05, 0.1) is 11.2 Å². The van der Waals surface area contributed by atoms with E-state index in [2.05, 4.69) is 17.2 Å². The molecule has 2 heterocycles. The molecule has 3 nitrogen and oxygen atoms in total. The molecule has 0 spiro atoms. The van der Waals surface area contributed by atoms with E-state index >= 15 is 0 Å². The summed E-state index contributed by atoms with van der Waals surface area (Å²) < 4.78 is 0. The van der Waals surface area contributed by atoms with Gasteiger partial charge in [0.1, 0.15) is 0 Å². The second kappa shape index (κ2) is 2.53. The molecule has 3 rings (SSSR count). The SMILES string of the molecule is Cc1ncsc1C1NCC2C(N)C12. The molecule has 2 fully saturated rings. The Hall–Kier alpha value is -0.450. The van der Waals surface area contributed by atoms with Crippen molar-refractivity contribution in [3.63, 3.8) is 0 Å². The lowest BCUT2D eigenvalue weighted by molar-refractivity contribution is 0.541. The number of nitrogens with zero attached hydrogens (tertiary/aromatic N) is 1. The first-order valence-corrected chi connectivity index (χ1v) is 5.56. The molecular weight excluding hydrogens is 182 g/mol. The molecule has 4 heteroatoms. The molecule has 0 amide bonds. The van der Waals surface area contributed by atoms with Crippen LogP contribution in [0.25, 0.3) is 0 Å². The number of aromatic nitrogens is 1. The number of rotatable bonds is 1. The van der Waals surface area contributed by atoms with Gasteiger partial charge in [0.25, 0.3) is 0 Å². The molecule has 1 saturated carbocycles. The predicted octanol–water partition coefficient (Wildman–Crippen LogP) is 0.669. The maximum Gasteiger partial charge on any atom is 0.0798 e. The highest BCUT2D eigenvalue weighted by molar-refractivity contribution is 7.09. The van der Waals surface area contributed by atoms with Gasteiger partial charge in [0.15, 0.2) is 0 Å². The van der Waals surface area contributed by atoms with Gasteiger partial charge in [0.2, 0.25) is 0 Å². The Kier molecular flexibility index (Phi) is 1.54. The summed E-state index contributed by atoms with van der Waals surface area (Å²) in [6.45, 7) is 3.17. The Morgan fingerprint density at radius 2 is 2.54 bits per heavy atom. The first-order chi connectivity index (χ1) is 6.29. The van der Waals surface area contributed by atoms with Crippen molar-refractivity contribution in [3.05, 3.63) is 16.1 Å². The van der Waals surface area contributed by atoms with Crippen LogP contribution >= 0.6 is 11.3 Å². The minimum atomic E-state index is 0.438. The third-order valence-electron chi connectivity index (χ3n) is 3.32. The molecule has 1 aliphatic heterocycles. The number of aryl methyl sites for hydroxylation is 1. The van der Waals surface area contributed by atoms with Crippen LogP contribution in [0.1, 0.15) is 16.6 Å². The summed E-state index contributed by atoms with van der Waals surface area (Å²) in [4.78, 5) is 5.67. The highest BCUT2D eigenvalue weighted by Gasteiger charge is 2.57. The average Bonchev–Trinajstić information content (AvgIpc) is 2.56. The lowest BCUT2D eigenvalue weighted by Crippen LogP contribution is -2.25. The number of thiazole rings is 1. The zero-order valence-electron chi connectivity index (χ0n) is 7.53. The van der Waals surface area contributed by atoms with Crippen molar-refractivity contribution in [3.8, 4) is 0 Å². The maximum atomic E-state index is 5.96. The van der Waals surface area contributed by atoms with Crippen molar-refractivity contribution in [2.24, 2.45) is 17.6 Å². The number of nitrogens with one attached hydrogen (secondary N) is 1. The van der Waals surface area contributed by atoms with Crippen LogP contribution in [0.3, 0.4) is 0 Å². The Bertz CT molecular complexity index is 335. The van der Waals surface area contributed by atoms with Gasteiger partial charge in [-0.15, -0.1) is 11.3 Å². The standard InChI is InChI=1S/C9H13N3S/c1-4-9(13-3-12-4)8-6-5(2-11-8)7(6)10/h3,5-8,11H,2,10H2,1H3. The van der Waals surface area contributed by atoms with Crippen molar-refractivity contribution in [2.75, 3.05) is 6.54 Å². The van der Waals surface area contributed by atoms with Crippen LogP contribution in [0.5, 0.6) is 0 Å². The van der Waals surface area contributed by atoms with Gasteiger partial charge in [-0.25, -0.2) is 4.98 Å². The fourth-order valence-electron chi connectivity index (χ4n) is 2.45. The van der Waals surface area contributed by atoms with E-state index in [0.29, 0.717) is 18.0 Å². The summed E-state index contributed by atoms with van der Waals surface area (Å²) >= 11 is 1.75. The normalized spacial score (nSPS) is 42.0. The minimum absolute atomic E-state index is 0.438. The molecule has 13 heavy (non-hydrogen) atoms. The zero-order chi connectivity index (χ0) is 9.00. The largest absolute Gasteiger partial charge is 0.327 e. The zero-order valence-corrected chi connectivity index (χ0v) is 8.34. The maximum absolute atomic E-state index is 5.96. The lowest BCUT2D eigenvalue weighted by Gasteiger charge is -2.13. The third kappa shape index (κ3) is 0.994. The van der Waals surface area contributed by atoms with E-state index in [9.17, 15) is 0 Å². The monoisotopic (exact) mass is 195 g/mol. The number of fused-ring (bicyclic) bond motifs is 1. The summed E-state index contributed by atoms with van der Waals surface area (Å²) in [5.74, 6) is 1.41. The molecule has 3 N–H and O–H groups in total. The van der Waals surface area contributed by atoms with Gasteiger partial charge >= 0.3 is 0 Å². The lowest BCUT2D eigenvalue weighted by atomic mass is 10.1. The molecule has 1 aliphatic carbocycles. The Labute approximate surface area is 81.4 Å². The highest BCUT2D eigenvalue weighted by atomic mass is 32.1. The Morgan fingerprint density at radius 3 is 3.08 bits per heavy atom. The number of hydrogen-bond acceptors (Lipinski definition) is 4. The predicted molar refractivity (Wildman–Crippen MR) is 52.6 cm³/mol. The molecule has 2 aliphatic rings. The molecule has 4 unspecified atom stereocenters. The number of nitrogens with two attached hydrogens (primary N) is 1. The quantitative estimate of drug-likeness (QED) is 0.692. The Morgan fingerprint density at radius 1 is 1.69 bits per heavy atom. The minimum Gasteiger partial charge on any atom is -0.327 e. The second-order valence-electron chi connectivity index (χ2n) is 4.01. The van der Waals surface area contributed by atoms with Gasteiger partial charge in [0, 0.05) is 29.4 Å². The molecule has 1 saturated heterocycles. The molecule has 0 bridgehead atoms. The van der Waals surface area contributed by atoms with E-state index in [-0.39, 0.29) is 0 Å². The van der Waals surface area contributed by atoms with Crippen molar-refractivity contribution < 1.29 is 0 Å². The summed E-state index contributed by atoms with van der Waals surface area (Å²) in [5, 5.41) is 3.52. The van der Waals surface area contributed by atoms with Crippen molar-refractivity contribution in [2.45, 2.75) is 19.0 Å². The second-order valence-corrected chi connectivity index (χ2v) is 4.89. The Balaban J connectivity index is 1.91. The van der Waals surface area contributed by atoms with Crippen LogP contribution in [0, 0.1) is 18.8 Å². The molecule has 1 aromatic rings. The van der Waals surface area contributed by atoms with Crippen LogP contribution in [-0.4, -0.2) is 17.6 Å². The van der Waals surface area contributed by atoms with Crippen LogP contribution < -0.4 is 11.1 Å². The van der Waals surface area contributed by atoms with Crippen LogP contribution in [-0.2, 0) is 0 Å². The third-order valence-corrected chi connectivity index (χ3v) is 4.33. The summed E-state index contributed by atoms with van der Waals surface area (Å²) in [6, 6.07) is 0.931. The number of piperidine rings is 1. The fraction of sp³-hybridized carbons (Fsp3) is 0.667. The van der Waals surface area contributed by atoms with Crippen molar-refractivity contribution in [1.29, 1.82) is 0 Å². The van der Waals surface area contributed by atoms with Crippen LogP contribution in [0.4, 0.5) is 0 Å². The molecule has 1 aromatic heterocycles. The molecule has 70 valence electrons. The van der Waals surface area contributed by atoms with Crippen LogP contribution in [0.2, 0.25) is 0 Å². The van der Waals surface area contributed by atoms with Gasteiger partial charge in [-0.1, -0.05) is 0 Å². The first-order valence-electron chi connectivity index (χ1n) is 4.68. The van der Waals surface area contributed by atoms with Crippen molar-refractivity contribution >= 4 is 11.3 Å². The van der Waals surface area contributed by atoms with Gasteiger partial charge < -0.3 is 11.1 Å². The summed E-state index contributed by atoms with van der Waals surface area (Å²) in [7, 11) is 0. The van der Waals surface area contributed by atoms with Gasteiger partial charge in [-0.2, -0.15) is 0 Å². The van der Waals surface area contributed by atoms with E-state index in [1.807, 2.05) is 5.51 Å². The summed E-state index contributed by atoms with van der Waals surface area (Å²) in [6.07, 6.45) is 0. The number of hydrogen-bond donors (Lipinski definition) is 2. The topological polar surface area (TPSA) is 50.9 Å². The average molecular weight is 195 g/mol. The van der Waals surface area contributed by atoms with E-state index < -0.39 is 0 Å². The van der Waals surface area contributed by atoms with E-state index in [1.54, 1.807) is 11.3 Å². The van der Waals surface area contributed by atoms with E-state index in [0.717, 1.165) is 12.5 Å². The van der Waals surface area contributed by atoms with Gasteiger partial charge in [-0.3, -0.25) is 0 Å². The fourth-order valence-corrected chi connectivity index (χ4v) is 3.38. The van der Waals surface area contributed by atoms with Crippen LogP contribution in [0.15, 0.2) is 5.51 Å². The first kappa shape index (κ1) is 7.91. The van der Waals surface area contributed by atoms with Crippen molar-refractivity contribution in [1.82, 2.24) is 10.3 Å². The molecule has 0 radical (unpaired) electrons. The van der Waals surface area contributed by atoms with E-state index in [4.69, 9.17) is 5.73 Å². The highest BCUT2D eigenvalue weighted by Crippen LogP contribution is 2.51. The molecule has 4 atom stereocenters. The van der Waals surface area contributed by atoms with E-state index in [1.165, 1.54) is 10.6 Å². The molecular formula is C9H13N3S. The van der Waals surface area contributed by atoms with Gasteiger partial charge in [-0.05, 0) is 12.8 Å².